The summed E-state index contributed by atoms with van der Waals surface area (Å²) in [6.07, 6.45) is -0.125. The molecule has 2 aromatic heterocycles. The van der Waals surface area contributed by atoms with Gasteiger partial charge in [-0.2, -0.15) is 13.2 Å². The number of anilines is 2. The molecule has 234 valence electrons. The highest BCUT2D eigenvalue weighted by molar-refractivity contribution is 5.84. The van der Waals surface area contributed by atoms with Gasteiger partial charge in [0.15, 0.2) is 0 Å². The topological polar surface area (TPSA) is 96.3 Å². The molecular formula is C32H37F4N7O. The number of aliphatic hydroxyl groups is 1. The molecule has 1 fully saturated rings. The lowest BCUT2D eigenvalue weighted by atomic mass is 9.94. The summed E-state index contributed by atoms with van der Waals surface area (Å²) in [5, 5.41) is 10.4. The first-order valence-electron chi connectivity index (χ1n) is 14.5. The second-order valence-corrected chi connectivity index (χ2v) is 12.0. The van der Waals surface area contributed by atoms with Gasteiger partial charge in [-0.05, 0) is 70.1 Å². The molecule has 3 heterocycles. The van der Waals surface area contributed by atoms with Crippen LogP contribution in [0.1, 0.15) is 49.6 Å². The van der Waals surface area contributed by atoms with Gasteiger partial charge in [-0.1, -0.05) is 24.3 Å². The van der Waals surface area contributed by atoms with Crippen LogP contribution in [0.4, 0.5) is 29.2 Å². The molecule has 12 heteroatoms. The quantitative estimate of drug-likeness (QED) is 0.239. The number of nitrogens with two attached hydrogens (primary N) is 1. The smallest absolute Gasteiger partial charge is 0.386 e. The first-order valence-corrected chi connectivity index (χ1v) is 14.5. The van der Waals surface area contributed by atoms with Gasteiger partial charge in [0.25, 0.3) is 0 Å². The number of hydrogen-bond acceptors (Lipinski definition) is 7. The minimum atomic E-state index is -4.80. The zero-order valence-electron chi connectivity index (χ0n) is 25.2. The lowest BCUT2D eigenvalue weighted by molar-refractivity contribution is -0.139. The van der Waals surface area contributed by atoms with E-state index in [1.165, 1.54) is 12.4 Å². The van der Waals surface area contributed by atoms with Crippen LogP contribution in [-0.4, -0.2) is 63.3 Å². The van der Waals surface area contributed by atoms with Gasteiger partial charge < -0.3 is 25.2 Å². The molecule has 0 atom stereocenters. The summed E-state index contributed by atoms with van der Waals surface area (Å²) in [4.78, 5) is 17.8. The molecule has 0 amide bonds. The van der Waals surface area contributed by atoms with Crippen LogP contribution in [0.25, 0.3) is 22.4 Å². The summed E-state index contributed by atoms with van der Waals surface area (Å²) >= 11 is 0. The Hall–Kier alpha value is -4.03. The molecule has 0 saturated carbocycles. The molecule has 0 spiro atoms. The van der Waals surface area contributed by atoms with Crippen LogP contribution in [0, 0.1) is 5.82 Å². The Balaban J connectivity index is 1.41. The van der Waals surface area contributed by atoms with Crippen molar-refractivity contribution in [1.29, 1.82) is 0 Å². The van der Waals surface area contributed by atoms with Crippen molar-refractivity contribution in [3.05, 3.63) is 77.8 Å². The van der Waals surface area contributed by atoms with Crippen LogP contribution >= 0.6 is 0 Å². The molecule has 44 heavy (non-hydrogen) atoms. The first-order chi connectivity index (χ1) is 20.7. The van der Waals surface area contributed by atoms with Crippen molar-refractivity contribution in [2.45, 2.75) is 50.9 Å². The standard InChI is InChI=1S/C32H37F4N7O/c1-31(2,44)23-8-5-20(6-9-23)27-28(37)38-19-39-30(27)42-13-11-21(12-14-42)29-40-26(18-43(29)16-15-41(3)4)22-7-10-25(33)24(17-22)32(34,35)36/h5-10,17-19,21,44H,11-16H2,1-4H3,(H2,37,38,39). The molecule has 4 aromatic rings. The van der Waals surface area contributed by atoms with E-state index in [0.29, 0.717) is 37.7 Å². The third-order valence-electron chi connectivity index (χ3n) is 8.06. The van der Waals surface area contributed by atoms with Gasteiger partial charge in [0.05, 0.1) is 22.4 Å². The summed E-state index contributed by atoms with van der Waals surface area (Å²) in [7, 11) is 3.91. The van der Waals surface area contributed by atoms with Crippen LogP contribution in [0.3, 0.4) is 0 Å². The van der Waals surface area contributed by atoms with Crippen LogP contribution in [-0.2, 0) is 18.3 Å². The zero-order chi connectivity index (χ0) is 31.8. The maximum Gasteiger partial charge on any atom is 0.419 e. The Kier molecular flexibility index (Phi) is 8.68. The largest absolute Gasteiger partial charge is 0.419 e. The highest BCUT2D eigenvalue weighted by atomic mass is 19.4. The number of halogens is 4. The Morgan fingerprint density at radius 1 is 1.00 bits per heavy atom. The SMILES string of the molecule is CN(C)CCn1cc(-c2ccc(F)c(C(F)(F)F)c2)nc1C1CCN(c2ncnc(N)c2-c2ccc(C(C)(C)O)cc2)CC1. The van der Waals surface area contributed by atoms with Crippen molar-refractivity contribution >= 4 is 11.6 Å². The fourth-order valence-corrected chi connectivity index (χ4v) is 5.58. The molecule has 1 aliphatic rings. The van der Waals surface area contributed by atoms with Gasteiger partial charge in [-0.3, -0.25) is 0 Å². The Morgan fingerprint density at radius 2 is 1.66 bits per heavy atom. The van der Waals surface area contributed by atoms with E-state index < -0.39 is 23.2 Å². The van der Waals surface area contributed by atoms with E-state index in [1.807, 2.05) is 47.8 Å². The maximum atomic E-state index is 14.0. The third-order valence-corrected chi connectivity index (χ3v) is 8.06. The van der Waals surface area contributed by atoms with Gasteiger partial charge in [-0.25, -0.2) is 19.3 Å². The molecule has 2 aromatic carbocycles. The number of benzene rings is 2. The lowest BCUT2D eigenvalue weighted by Gasteiger charge is -2.34. The zero-order valence-corrected chi connectivity index (χ0v) is 25.2. The molecular weight excluding hydrogens is 574 g/mol. The van der Waals surface area contributed by atoms with E-state index in [1.54, 1.807) is 20.0 Å². The number of likely N-dealkylation sites (N-methyl/N-ethyl adjacent to an activating group) is 1. The second kappa shape index (κ2) is 12.2. The molecule has 1 saturated heterocycles. The molecule has 0 unspecified atom stereocenters. The van der Waals surface area contributed by atoms with E-state index in [-0.39, 0.29) is 11.5 Å². The first kappa shape index (κ1) is 31.4. The molecule has 8 nitrogen and oxygen atoms in total. The Bertz CT molecular complexity index is 1600. The van der Waals surface area contributed by atoms with Crippen molar-refractivity contribution in [1.82, 2.24) is 24.4 Å². The predicted molar refractivity (Wildman–Crippen MR) is 162 cm³/mol. The lowest BCUT2D eigenvalue weighted by Crippen LogP contribution is -2.35. The highest BCUT2D eigenvalue weighted by Crippen LogP contribution is 2.39. The van der Waals surface area contributed by atoms with Crippen molar-refractivity contribution < 1.29 is 22.7 Å². The van der Waals surface area contributed by atoms with Crippen LogP contribution in [0.2, 0.25) is 0 Å². The van der Waals surface area contributed by atoms with Gasteiger partial charge in [-0.15, -0.1) is 0 Å². The molecule has 5 rings (SSSR count). The van der Waals surface area contributed by atoms with Crippen LogP contribution in [0.5, 0.6) is 0 Å². The summed E-state index contributed by atoms with van der Waals surface area (Å²) in [6.45, 7) is 6.09. The van der Waals surface area contributed by atoms with Crippen molar-refractivity contribution in [3.8, 4) is 22.4 Å². The third kappa shape index (κ3) is 6.71. The molecule has 1 aliphatic heterocycles. The number of hydrogen-bond donors (Lipinski definition) is 2. The minimum absolute atomic E-state index is 0.0541. The summed E-state index contributed by atoms with van der Waals surface area (Å²) < 4.78 is 56.3. The number of rotatable bonds is 8. The molecule has 0 aliphatic carbocycles. The Morgan fingerprint density at radius 3 is 2.27 bits per heavy atom. The van der Waals surface area contributed by atoms with E-state index in [2.05, 4.69) is 14.9 Å². The van der Waals surface area contributed by atoms with E-state index in [9.17, 15) is 22.7 Å². The minimum Gasteiger partial charge on any atom is -0.386 e. The Labute approximate surface area is 254 Å². The van der Waals surface area contributed by atoms with Gasteiger partial charge >= 0.3 is 6.18 Å². The predicted octanol–water partition coefficient (Wildman–Crippen LogP) is 5.92. The van der Waals surface area contributed by atoms with E-state index in [4.69, 9.17) is 10.7 Å². The highest BCUT2D eigenvalue weighted by Gasteiger charge is 2.35. The van der Waals surface area contributed by atoms with Crippen molar-refractivity contribution in [2.24, 2.45) is 0 Å². The fraction of sp³-hybridized carbons (Fsp3) is 0.406. The van der Waals surface area contributed by atoms with Gasteiger partial charge in [0.1, 0.15) is 29.6 Å². The fourth-order valence-electron chi connectivity index (χ4n) is 5.58. The normalized spacial score (nSPS) is 14.9. The molecule has 0 radical (unpaired) electrons. The van der Waals surface area contributed by atoms with E-state index >= 15 is 0 Å². The summed E-state index contributed by atoms with van der Waals surface area (Å²) in [5.41, 5.74) is 7.01. The molecule has 0 bridgehead atoms. The van der Waals surface area contributed by atoms with Crippen LogP contribution in [0.15, 0.2) is 55.0 Å². The average molecular weight is 612 g/mol. The number of piperidine rings is 1. The number of imidazole rings is 1. The summed E-state index contributed by atoms with van der Waals surface area (Å²) in [6, 6.07) is 10.5. The second-order valence-electron chi connectivity index (χ2n) is 12.0. The monoisotopic (exact) mass is 611 g/mol. The maximum absolute atomic E-state index is 14.0. The number of nitrogen functional groups attached to an aromatic ring is 1. The van der Waals surface area contributed by atoms with E-state index in [0.717, 1.165) is 53.3 Å². The number of nitrogens with zero attached hydrogens (tertiary/aromatic N) is 6. The number of alkyl halides is 3. The average Bonchev–Trinajstić information content (AvgIpc) is 3.39. The molecule has 3 N–H and O–H groups in total. The van der Waals surface area contributed by atoms with Gasteiger partial charge in [0, 0.05) is 43.9 Å². The van der Waals surface area contributed by atoms with Crippen molar-refractivity contribution in [3.63, 3.8) is 0 Å². The van der Waals surface area contributed by atoms with Crippen molar-refractivity contribution in [2.75, 3.05) is 44.4 Å². The van der Waals surface area contributed by atoms with Gasteiger partial charge in [0.2, 0.25) is 0 Å². The summed E-state index contributed by atoms with van der Waals surface area (Å²) in [5.74, 6) is 0.616. The van der Waals surface area contributed by atoms with Crippen LogP contribution < -0.4 is 10.6 Å². The number of aromatic nitrogens is 4.